The zero-order valence-electron chi connectivity index (χ0n) is 10.1. The molecule has 0 spiro atoms. The Morgan fingerprint density at radius 1 is 1.00 bits per heavy atom. The normalized spacial score (nSPS) is 11.4. The molecule has 0 amide bonds. The molecule has 0 fully saturated rings. The second-order valence-corrected chi connectivity index (χ2v) is 5.12. The first kappa shape index (κ1) is 14.8. The molecule has 0 aromatic heterocycles. The highest BCUT2D eigenvalue weighted by Gasteiger charge is 2.31. The van der Waals surface area contributed by atoms with Gasteiger partial charge in [-0.05, 0) is 48.0 Å². The Balaban J connectivity index is 2.13. The molecule has 2 aromatic rings. The molecule has 1 nitrogen and oxygen atoms in total. The highest BCUT2D eigenvalue weighted by Crippen LogP contribution is 2.30. The first-order valence-electron chi connectivity index (χ1n) is 5.71. The maximum atomic E-state index is 13.2. The largest absolute Gasteiger partial charge is 0.416 e. The van der Waals surface area contributed by atoms with E-state index in [1.807, 2.05) is 0 Å². The predicted molar refractivity (Wildman–Crippen MR) is 72.9 cm³/mol. The predicted octanol–water partition coefficient (Wildman–Crippen LogP) is 5.22. The van der Waals surface area contributed by atoms with Crippen molar-refractivity contribution in [3.05, 3.63) is 63.9 Å². The van der Waals surface area contributed by atoms with Crippen LogP contribution in [0.15, 0.2) is 46.9 Å². The van der Waals surface area contributed by atoms with E-state index in [1.165, 1.54) is 0 Å². The van der Waals surface area contributed by atoms with Crippen LogP contribution in [0.1, 0.15) is 11.1 Å². The van der Waals surface area contributed by atoms with Crippen LogP contribution in [0, 0.1) is 5.82 Å². The Labute approximate surface area is 121 Å². The van der Waals surface area contributed by atoms with Crippen LogP contribution in [0.4, 0.5) is 23.2 Å². The van der Waals surface area contributed by atoms with Gasteiger partial charge in [-0.15, -0.1) is 0 Å². The Kier molecular flexibility index (Phi) is 4.32. The lowest BCUT2D eigenvalue weighted by atomic mass is 10.1. The summed E-state index contributed by atoms with van der Waals surface area (Å²) in [5, 5.41) is 2.94. The van der Waals surface area contributed by atoms with Crippen molar-refractivity contribution < 1.29 is 17.6 Å². The third kappa shape index (κ3) is 3.96. The van der Waals surface area contributed by atoms with E-state index in [9.17, 15) is 17.6 Å². The number of halogens is 5. The summed E-state index contributed by atoms with van der Waals surface area (Å²) in [6.45, 7) is 0.114. The monoisotopic (exact) mass is 347 g/mol. The minimum Gasteiger partial charge on any atom is -0.381 e. The summed E-state index contributed by atoms with van der Waals surface area (Å²) < 4.78 is 51.8. The van der Waals surface area contributed by atoms with Crippen LogP contribution >= 0.6 is 15.9 Å². The topological polar surface area (TPSA) is 12.0 Å². The average Bonchev–Trinajstić information content (AvgIpc) is 2.36. The molecule has 0 aliphatic carbocycles. The minimum atomic E-state index is -4.55. The molecule has 1 N–H and O–H groups in total. The molecule has 0 aliphatic heterocycles. The fourth-order valence-electron chi connectivity index (χ4n) is 1.69. The fourth-order valence-corrected chi connectivity index (χ4v) is 1.95. The van der Waals surface area contributed by atoms with Crippen LogP contribution < -0.4 is 5.32 Å². The lowest BCUT2D eigenvalue weighted by Crippen LogP contribution is -2.08. The molecular formula is C14H10BrF4N. The van der Waals surface area contributed by atoms with Crippen LogP contribution in [0.25, 0.3) is 0 Å². The zero-order valence-corrected chi connectivity index (χ0v) is 11.7. The summed E-state index contributed by atoms with van der Waals surface area (Å²) in [7, 11) is 0. The summed E-state index contributed by atoms with van der Waals surface area (Å²) in [4.78, 5) is 0. The van der Waals surface area contributed by atoms with Crippen molar-refractivity contribution in [3.63, 3.8) is 0 Å². The standard InChI is InChI=1S/C14H10BrF4N/c15-11-1-3-13(4-2-11)20-8-9-5-10(14(17,18)19)7-12(16)6-9/h1-7,20H,8H2. The molecule has 0 aliphatic rings. The van der Waals surface area contributed by atoms with Crippen molar-refractivity contribution in [2.75, 3.05) is 5.32 Å². The maximum Gasteiger partial charge on any atom is 0.416 e. The van der Waals surface area contributed by atoms with Gasteiger partial charge in [0.25, 0.3) is 0 Å². The maximum absolute atomic E-state index is 13.2. The van der Waals surface area contributed by atoms with Gasteiger partial charge in [0.1, 0.15) is 5.82 Å². The number of nitrogens with one attached hydrogen (secondary N) is 1. The van der Waals surface area contributed by atoms with Gasteiger partial charge in [-0.25, -0.2) is 4.39 Å². The van der Waals surface area contributed by atoms with Gasteiger partial charge in [-0.3, -0.25) is 0 Å². The van der Waals surface area contributed by atoms with Crippen molar-refractivity contribution >= 4 is 21.6 Å². The molecule has 20 heavy (non-hydrogen) atoms. The Morgan fingerprint density at radius 2 is 1.65 bits per heavy atom. The number of hydrogen-bond donors (Lipinski definition) is 1. The van der Waals surface area contributed by atoms with E-state index >= 15 is 0 Å². The second-order valence-electron chi connectivity index (χ2n) is 4.21. The van der Waals surface area contributed by atoms with Crippen LogP contribution in [-0.2, 0) is 12.7 Å². The molecule has 6 heteroatoms. The van der Waals surface area contributed by atoms with E-state index in [0.29, 0.717) is 6.07 Å². The average molecular weight is 348 g/mol. The second kappa shape index (κ2) is 5.83. The van der Waals surface area contributed by atoms with Gasteiger partial charge < -0.3 is 5.32 Å². The molecule has 0 saturated heterocycles. The smallest absolute Gasteiger partial charge is 0.381 e. The number of anilines is 1. The Hall–Kier alpha value is -1.56. The summed E-state index contributed by atoms with van der Waals surface area (Å²) in [6, 6.07) is 9.66. The van der Waals surface area contributed by atoms with E-state index < -0.39 is 17.6 Å². The van der Waals surface area contributed by atoms with Gasteiger partial charge in [0.05, 0.1) is 5.56 Å². The number of alkyl halides is 3. The molecule has 0 radical (unpaired) electrons. The SMILES string of the molecule is Fc1cc(CNc2ccc(Br)cc2)cc(C(F)(F)F)c1. The summed E-state index contributed by atoms with van der Waals surface area (Å²) in [5.74, 6) is -0.896. The highest BCUT2D eigenvalue weighted by molar-refractivity contribution is 9.10. The van der Waals surface area contributed by atoms with E-state index in [0.717, 1.165) is 22.3 Å². The van der Waals surface area contributed by atoms with Crippen LogP contribution in [0.5, 0.6) is 0 Å². The minimum absolute atomic E-state index is 0.114. The highest BCUT2D eigenvalue weighted by atomic mass is 79.9. The quantitative estimate of drug-likeness (QED) is 0.750. The molecular weight excluding hydrogens is 338 g/mol. The summed E-state index contributed by atoms with van der Waals surface area (Å²) in [6.07, 6.45) is -4.55. The number of hydrogen-bond acceptors (Lipinski definition) is 1. The van der Waals surface area contributed by atoms with Crippen molar-refractivity contribution in [3.8, 4) is 0 Å². The number of rotatable bonds is 3. The Morgan fingerprint density at radius 3 is 2.25 bits per heavy atom. The molecule has 0 atom stereocenters. The van der Waals surface area contributed by atoms with Crippen molar-refractivity contribution in [1.82, 2.24) is 0 Å². The summed E-state index contributed by atoms with van der Waals surface area (Å²) in [5.41, 5.74) is -0.00336. The fraction of sp³-hybridized carbons (Fsp3) is 0.143. The van der Waals surface area contributed by atoms with Gasteiger partial charge in [0.2, 0.25) is 0 Å². The lowest BCUT2D eigenvalue weighted by Gasteiger charge is -2.11. The first-order chi connectivity index (χ1) is 9.34. The Bertz CT molecular complexity index is 593. The molecule has 106 valence electrons. The van der Waals surface area contributed by atoms with Gasteiger partial charge >= 0.3 is 6.18 Å². The van der Waals surface area contributed by atoms with Crippen molar-refractivity contribution in [2.45, 2.75) is 12.7 Å². The third-order valence-corrected chi connectivity index (χ3v) is 3.15. The molecule has 0 heterocycles. The molecule has 0 unspecified atom stereocenters. The third-order valence-electron chi connectivity index (χ3n) is 2.63. The molecule has 2 aromatic carbocycles. The van der Waals surface area contributed by atoms with Crippen LogP contribution in [0.2, 0.25) is 0 Å². The lowest BCUT2D eigenvalue weighted by molar-refractivity contribution is -0.137. The van der Waals surface area contributed by atoms with Crippen molar-refractivity contribution in [2.24, 2.45) is 0 Å². The molecule has 0 bridgehead atoms. The van der Waals surface area contributed by atoms with E-state index in [1.54, 1.807) is 24.3 Å². The van der Waals surface area contributed by atoms with E-state index in [4.69, 9.17) is 0 Å². The molecule has 0 saturated carbocycles. The van der Waals surface area contributed by atoms with Gasteiger partial charge in [0.15, 0.2) is 0 Å². The van der Waals surface area contributed by atoms with E-state index in [-0.39, 0.29) is 12.1 Å². The van der Waals surface area contributed by atoms with Gasteiger partial charge in [-0.2, -0.15) is 13.2 Å². The summed E-state index contributed by atoms with van der Waals surface area (Å²) >= 11 is 3.28. The van der Waals surface area contributed by atoms with E-state index in [2.05, 4.69) is 21.2 Å². The van der Waals surface area contributed by atoms with Crippen molar-refractivity contribution in [1.29, 1.82) is 0 Å². The van der Waals surface area contributed by atoms with Crippen LogP contribution in [0.3, 0.4) is 0 Å². The zero-order chi connectivity index (χ0) is 14.8. The van der Waals surface area contributed by atoms with Gasteiger partial charge in [-0.1, -0.05) is 15.9 Å². The number of benzene rings is 2. The first-order valence-corrected chi connectivity index (χ1v) is 6.50. The van der Waals surface area contributed by atoms with Crippen LogP contribution in [-0.4, -0.2) is 0 Å². The van der Waals surface area contributed by atoms with Gasteiger partial charge in [0, 0.05) is 16.7 Å². The molecule has 2 rings (SSSR count).